The van der Waals surface area contributed by atoms with Gasteiger partial charge in [-0.05, 0) is 31.9 Å². The molecule has 0 aromatic heterocycles. The summed E-state index contributed by atoms with van der Waals surface area (Å²) < 4.78 is 0. The molecular weight excluding hydrogens is 236 g/mol. The van der Waals surface area contributed by atoms with Crippen LogP contribution >= 0.6 is 11.6 Å². The summed E-state index contributed by atoms with van der Waals surface area (Å²) in [5.41, 5.74) is 7.15. The fourth-order valence-electron chi connectivity index (χ4n) is 2.47. The van der Waals surface area contributed by atoms with Crippen LogP contribution in [0, 0.1) is 0 Å². The molecule has 17 heavy (non-hydrogen) atoms. The maximum Gasteiger partial charge on any atom is 0.0794 e. The van der Waals surface area contributed by atoms with Crippen molar-refractivity contribution in [1.29, 1.82) is 0 Å². The second kappa shape index (κ2) is 4.84. The minimum Gasteiger partial charge on any atom is -0.388 e. The summed E-state index contributed by atoms with van der Waals surface area (Å²) in [5, 5.41) is 10.8. The van der Waals surface area contributed by atoms with E-state index in [4.69, 9.17) is 17.3 Å². The molecule has 0 saturated carbocycles. The molecule has 1 aromatic rings. The van der Waals surface area contributed by atoms with Crippen LogP contribution < -0.4 is 10.6 Å². The SMILES string of the molecule is CC1(O)CCCN(c2cccc(Cl)c2CN)C1. The number of nitrogens with two attached hydrogens (primary N) is 1. The van der Waals surface area contributed by atoms with Crippen molar-refractivity contribution in [1.82, 2.24) is 0 Å². The topological polar surface area (TPSA) is 49.5 Å². The minimum absolute atomic E-state index is 0.424. The monoisotopic (exact) mass is 254 g/mol. The molecule has 0 bridgehead atoms. The molecule has 1 aliphatic heterocycles. The van der Waals surface area contributed by atoms with Crippen molar-refractivity contribution < 1.29 is 5.11 Å². The molecule has 3 N–H and O–H groups in total. The molecule has 0 aliphatic carbocycles. The van der Waals surface area contributed by atoms with Gasteiger partial charge in [-0.15, -0.1) is 0 Å². The van der Waals surface area contributed by atoms with Gasteiger partial charge in [-0.1, -0.05) is 17.7 Å². The smallest absolute Gasteiger partial charge is 0.0794 e. The Morgan fingerprint density at radius 3 is 2.94 bits per heavy atom. The van der Waals surface area contributed by atoms with Crippen LogP contribution in [0.15, 0.2) is 18.2 Å². The van der Waals surface area contributed by atoms with Crippen LogP contribution in [0.1, 0.15) is 25.3 Å². The van der Waals surface area contributed by atoms with Crippen LogP contribution in [0.2, 0.25) is 5.02 Å². The van der Waals surface area contributed by atoms with E-state index in [-0.39, 0.29) is 0 Å². The predicted octanol–water partition coefficient (Wildman–Crippen LogP) is 2.15. The minimum atomic E-state index is -0.619. The summed E-state index contributed by atoms with van der Waals surface area (Å²) in [6, 6.07) is 5.81. The molecule has 94 valence electrons. The van der Waals surface area contributed by atoms with Crippen molar-refractivity contribution in [3.63, 3.8) is 0 Å². The largest absolute Gasteiger partial charge is 0.388 e. The average Bonchev–Trinajstić information content (AvgIpc) is 2.27. The Hall–Kier alpha value is -0.770. The first-order valence-corrected chi connectivity index (χ1v) is 6.36. The van der Waals surface area contributed by atoms with Crippen LogP contribution in [0.3, 0.4) is 0 Å². The number of halogens is 1. The van der Waals surface area contributed by atoms with Crippen molar-refractivity contribution >= 4 is 17.3 Å². The summed E-state index contributed by atoms with van der Waals surface area (Å²) in [6.07, 6.45) is 1.84. The average molecular weight is 255 g/mol. The van der Waals surface area contributed by atoms with Crippen LogP contribution in [-0.4, -0.2) is 23.8 Å². The van der Waals surface area contributed by atoms with Crippen LogP contribution in [0.4, 0.5) is 5.69 Å². The van der Waals surface area contributed by atoms with Crippen molar-refractivity contribution in [2.45, 2.75) is 31.9 Å². The van der Waals surface area contributed by atoms with E-state index in [1.807, 2.05) is 25.1 Å². The van der Waals surface area contributed by atoms with Crippen LogP contribution in [-0.2, 0) is 6.54 Å². The third kappa shape index (κ3) is 2.73. The standard InChI is InChI=1S/C13H19ClN2O/c1-13(17)6-3-7-16(9-13)12-5-2-4-11(14)10(12)8-15/h2,4-5,17H,3,6-9,15H2,1H3. The third-order valence-corrected chi connectivity index (χ3v) is 3.67. The van der Waals surface area contributed by atoms with Gasteiger partial charge in [-0.3, -0.25) is 0 Å². The lowest BCUT2D eigenvalue weighted by Gasteiger charge is -2.39. The number of nitrogens with zero attached hydrogens (tertiary/aromatic N) is 1. The van der Waals surface area contributed by atoms with Gasteiger partial charge in [-0.25, -0.2) is 0 Å². The lowest BCUT2D eigenvalue weighted by molar-refractivity contribution is 0.0449. The van der Waals surface area contributed by atoms with Gasteiger partial charge in [0, 0.05) is 35.9 Å². The molecule has 1 aliphatic rings. The van der Waals surface area contributed by atoms with Crippen molar-refractivity contribution in [2.24, 2.45) is 5.73 Å². The normalized spacial score (nSPS) is 25.1. The molecule has 1 fully saturated rings. The fourth-order valence-corrected chi connectivity index (χ4v) is 2.72. The van der Waals surface area contributed by atoms with Gasteiger partial charge in [-0.2, -0.15) is 0 Å². The van der Waals surface area contributed by atoms with Gasteiger partial charge in [0.2, 0.25) is 0 Å². The lowest BCUT2D eigenvalue weighted by Crippen LogP contribution is -2.46. The van der Waals surface area contributed by atoms with Gasteiger partial charge in [0.15, 0.2) is 0 Å². The third-order valence-electron chi connectivity index (χ3n) is 3.31. The number of rotatable bonds is 2. The first kappa shape index (κ1) is 12.7. The Labute approximate surface area is 107 Å². The van der Waals surface area contributed by atoms with E-state index in [0.29, 0.717) is 18.1 Å². The molecule has 0 amide bonds. The van der Waals surface area contributed by atoms with Crippen molar-refractivity contribution in [3.8, 4) is 0 Å². The number of hydrogen-bond acceptors (Lipinski definition) is 3. The van der Waals surface area contributed by atoms with Gasteiger partial charge < -0.3 is 15.7 Å². The maximum absolute atomic E-state index is 10.1. The van der Waals surface area contributed by atoms with E-state index < -0.39 is 5.60 Å². The molecule has 4 heteroatoms. The molecule has 0 radical (unpaired) electrons. The second-order valence-electron chi connectivity index (χ2n) is 4.96. The first-order valence-electron chi connectivity index (χ1n) is 5.98. The highest BCUT2D eigenvalue weighted by Gasteiger charge is 2.29. The fraction of sp³-hybridized carbons (Fsp3) is 0.538. The second-order valence-corrected chi connectivity index (χ2v) is 5.37. The molecular formula is C13H19ClN2O. The highest BCUT2D eigenvalue weighted by Crippen LogP contribution is 2.31. The van der Waals surface area contributed by atoms with E-state index >= 15 is 0 Å². The predicted molar refractivity (Wildman–Crippen MR) is 71.4 cm³/mol. The summed E-state index contributed by atoms with van der Waals surface area (Å²) in [5.74, 6) is 0. The number of anilines is 1. The van der Waals surface area contributed by atoms with E-state index in [1.54, 1.807) is 0 Å². The Morgan fingerprint density at radius 2 is 2.29 bits per heavy atom. The van der Waals surface area contributed by atoms with Gasteiger partial charge >= 0.3 is 0 Å². The van der Waals surface area contributed by atoms with Crippen LogP contribution in [0.25, 0.3) is 0 Å². The molecule has 1 atom stereocenters. The van der Waals surface area contributed by atoms with Gasteiger partial charge in [0.1, 0.15) is 0 Å². The summed E-state index contributed by atoms with van der Waals surface area (Å²) in [6.45, 7) is 3.89. The molecule has 2 rings (SSSR count). The van der Waals surface area contributed by atoms with Crippen LogP contribution in [0.5, 0.6) is 0 Å². The van der Waals surface area contributed by atoms with E-state index in [0.717, 1.165) is 30.6 Å². The zero-order valence-corrected chi connectivity index (χ0v) is 10.9. The maximum atomic E-state index is 10.1. The van der Waals surface area contributed by atoms with Crippen molar-refractivity contribution in [3.05, 3.63) is 28.8 Å². The van der Waals surface area contributed by atoms with Gasteiger partial charge in [0.05, 0.1) is 5.60 Å². The number of benzene rings is 1. The number of hydrogen-bond donors (Lipinski definition) is 2. The van der Waals surface area contributed by atoms with Gasteiger partial charge in [0.25, 0.3) is 0 Å². The Morgan fingerprint density at radius 1 is 1.53 bits per heavy atom. The zero-order chi connectivity index (χ0) is 12.5. The van der Waals surface area contributed by atoms with E-state index in [1.165, 1.54) is 0 Å². The number of piperidine rings is 1. The zero-order valence-electron chi connectivity index (χ0n) is 10.1. The Bertz CT molecular complexity index is 406. The van der Waals surface area contributed by atoms with E-state index in [2.05, 4.69) is 4.90 Å². The van der Waals surface area contributed by atoms with Crippen molar-refractivity contribution in [2.75, 3.05) is 18.0 Å². The lowest BCUT2D eigenvalue weighted by atomic mass is 9.94. The molecule has 0 spiro atoms. The molecule has 1 saturated heterocycles. The summed E-state index contributed by atoms with van der Waals surface area (Å²) in [4.78, 5) is 2.18. The molecule has 1 heterocycles. The quantitative estimate of drug-likeness (QED) is 0.850. The highest BCUT2D eigenvalue weighted by atomic mass is 35.5. The molecule has 1 unspecified atom stereocenters. The highest BCUT2D eigenvalue weighted by molar-refractivity contribution is 6.31. The summed E-state index contributed by atoms with van der Waals surface area (Å²) in [7, 11) is 0. The Balaban J connectivity index is 2.30. The first-order chi connectivity index (χ1) is 8.03. The molecule has 1 aromatic carbocycles. The Kier molecular flexibility index (Phi) is 3.61. The number of aliphatic hydroxyl groups is 1. The number of β-amino-alcohol motifs (C(OH)–C–C–N with tert-alkyl or cyclic N) is 1. The van der Waals surface area contributed by atoms with E-state index in [9.17, 15) is 5.11 Å². The summed E-state index contributed by atoms with van der Waals surface area (Å²) >= 11 is 6.15. The molecule has 3 nitrogen and oxygen atoms in total.